The maximum Gasteiger partial charge on any atom is 0.00503 e. The van der Waals surface area contributed by atoms with Crippen molar-refractivity contribution in [3.8, 4) is 0 Å². The van der Waals surface area contributed by atoms with E-state index in [1.807, 2.05) is 0 Å². The highest BCUT2D eigenvalue weighted by Crippen LogP contribution is 2.64. The lowest BCUT2D eigenvalue weighted by atomic mass is 9.88. The van der Waals surface area contributed by atoms with Crippen molar-refractivity contribution in [3.63, 3.8) is 0 Å². The Kier molecular flexibility index (Phi) is 1.77. The first-order valence-corrected chi connectivity index (χ1v) is 6.53. The first-order valence-electron chi connectivity index (χ1n) is 6.53. The van der Waals surface area contributed by atoms with Gasteiger partial charge in [0, 0.05) is 11.5 Å². The van der Waals surface area contributed by atoms with Crippen molar-refractivity contribution in [2.75, 3.05) is 0 Å². The summed E-state index contributed by atoms with van der Waals surface area (Å²) in [5, 5.41) is 2.80. The third-order valence-corrected chi connectivity index (χ3v) is 4.77. The second-order valence-corrected chi connectivity index (χ2v) is 5.78. The van der Waals surface area contributed by atoms with E-state index in [4.69, 9.17) is 5.73 Å². The van der Waals surface area contributed by atoms with Gasteiger partial charge < -0.3 is 5.73 Å². The van der Waals surface area contributed by atoms with Gasteiger partial charge in [-0.05, 0) is 41.5 Å². The minimum absolute atomic E-state index is 0.424. The molecule has 2 aromatic carbocycles. The fraction of sp³-hybridized carbons (Fsp3) is 0.375. The zero-order valence-electron chi connectivity index (χ0n) is 9.89. The summed E-state index contributed by atoms with van der Waals surface area (Å²) in [4.78, 5) is 0. The summed E-state index contributed by atoms with van der Waals surface area (Å²) in [6.07, 6.45) is 3.77. The summed E-state index contributed by atoms with van der Waals surface area (Å²) in [5.74, 6) is 0.850. The second kappa shape index (κ2) is 3.11. The molecule has 2 aliphatic rings. The zero-order valence-corrected chi connectivity index (χ0v) is 9.89. The van der Waals surface area contributed by atoms with Crippen LogP contribution in [0.15, 0.2) is 42.5 Å². The van der Waals surface area contributed by atoms with Crippen LogP contribution in [0.1, 0.15) is 24.8 Å². The molecule has 2 unspecified atom stereocenters. The van der Waals surface area contributed by atoms with E-state index < -0.39 is 0 Å². The Bertz CT molecular complexity index is 584. The number of hydrogen-bond donors (Lipinski definition) is 1. The van der Waals surface area contributed by atoms with Gasteiger partial charge in [0.1, 0.15) is 0 Å². The first kappa shape index (κ1) is 9.67. The van der Waals surface area contributed by atoms with Gasteiger partial charge in [0.15, 0.2) is 0 Å². The average molecular weight is 223 g/mol. The Morgan fingerprint density at radius 2 is 1.82 bits per heavy atom. The molecule has 0 amide bonds. The molecule has 17 heavy (non-hydrogen) atoms. The molecule has 4 rings (SSSR count). The third kappa shape index (κ3) is 1.23. The molecule has 2 aliphatic carbocycles. The number of rotatable bonds is 1. The van der Waals surface area contributed by atoms with E-state index in [1.165, 1.54) is 30.0 Å². The van der Waals surface area contributed by atoms with Crippen LogP contribution in [0.5, 0.6) is 0 Å². The summed E-state index contributed by atoms with van der Waals surface area (Å²) in [6, 6.07) is 15.9. The van der Waals surface area contributed by atoms with E-state index in [0.29, 0.717) is 11.5 Å². The minimum atomic E-state index is 0.424. The fourth-order valence-corrected chi connectivity index (χ4v) is 3.96. The lowest BCUT2D eigenvalue weighted by Gasteiger charge is -2.17. The van der Waals surface area contributed by atoms with Gasteiger partial charge in [-0.25, -0.2) is 0 Å². The van der Waals surface area contributed by atoms with Crippen LogP contribution in [-0.4, -0.2) is 6.04 Å². The van der Waals surface area contributed by atoms with E-state index >= 15 is 0 Å². The topological polar surface area (TPSA) is 26.0 Å². The number of fused-ring (bicyclic) bond motifs is 2. The van der Waals surface area contributed by atoms with Gasteiger partial charge in [0.05, 0.1) is 0 Å². The summed E-state index contributed by atoms with van der Waals surface area (Å²) in [6.45, 7) is 0. The van der Waals surface area contributed by atoms with Gasteiger partial charge in [0.2, 0.25) is 0 Å². The monoisotopic (exact) mass is 223 g/mol. The molecule has 2 fully saturated rings. The van der Waals surface area contributed by atoms with Crippen molar-refractivity contribution < 1.29 is 0 Å². The van der Waals surface area contributed by atoms with Crippen molar-refractivity contribution in [1.82, 2.24) is 0 Å². The maximum absolute atomic E-state index is 6.12. The van der Waals surface area contributed by atoms with Gasteiger partial charge in [-0.3, -0.25) is 0 Å². The van der Waals surface area contributed by atoms with Crippen molar-refractivity contribution in [2.45, 2.75) is 30.7 Å². The van der Waals surface area contributed by atoms with Crippen LogP contribution in [0.25, 0.3) is 10.8 Å². The molecule has 2 aromatic rings. The zero-order chi connectivity index (χ0) is 11.5. The second-order valence-electron chi connectivity index (χ2n) is 5.78. The molecule has 2 N–H and O–H groups in total. The molecule has 0 spiro atoms. The molecular weight excluding hydrogens is 206 g/mol. The summed E-state index contributed by atoms with van der Waals surface area (Å²) >= 11 is 0. The Labute approximate surface area is 102 Å². The number of nitrogens with two attached hydrogens (primary N) is 1. The molecule has 86 valence electrons. The average Bonchev–Trinajstić information content (AvgIpc) is 2.92. The molecule has 0 aliphatic heterocycles. The highest BCUT2D eigenvalue weighted by molar-refractivity contribution is 5.87. The third-order valence-electron chi connectivity index (χ3n) is 4.77. The fourth-order valence-electron chi connectivity index (χ4n) is 3.96. The summed E-state index contributed by atoms with van der Waals surface area (Å²) in [7, 11) is 0. The van der Waals surface area contributed by atoms with Crippen LogP contribution in [0.3, 0.4) is 0 Å². The first-order chi connectivity index (χ1) is 8.29. The maximum atomic E-state index is 6.12. The van der Waals surface area contributed by atoms with Crippen LogP contribution < -0.4 is 5.73 Å². The Balaban J connectivity index is 1.92. The molecule has 1 nitrogen and oxygen atoms in total. The van der Waals surface area contributed by atoms with Crippen molar-refractivity contribution >= 4 is 10.8 Å². The van der Waals surface area contributed by atoms with Crippen LogP contribution in [-0.2, 0) is 5.41 Å². The highest BCUT2D eigenvalue weighted by Gasteiger charge is 2.60. The molecule has 0 bridgehead atoms. The van der Waals surface area contributed by atoms with Gasteiger partial charge in [0.25, 0.3) is 0 Å². The standard InChI is InChI=1S/C16H17N/c17-13-8-12-9-16(12,10-13)15-7-3-5-11-4-1-2-6-14(11)15/h1-7,12-13H,8-10,17H2/t12?,13?,16-/m0/s1. The lowest BCUT2D eigenvalue weighted by Crippen LogP contribution is -2.20. The summed E-state index contributed by atoms with van der Waals surface area (Å²) in [5.41, 5.74) is 8.10. The Hall–Kier alpha value is -1.34. The van der Waals surface area contributed by atoms with Gasteiger partial charge >= 0.3 is 0 Å². The van der Waals surface area contributed by atoms with Crippen molar-refractivity contribution in [2.24, 2.45) is 11.7 Å². The van der Waals surface area contributed by atoms with E-state index in [-0.39, 0.29) is 0 Å². The van der Waals surface area contributed by atoms with Crippen LogP contribution >= 0.6 is 0 Å². The Morgan fingerprint density at radius 1 is 1.00 bits per heavy atom. The van der Waals surface area contributed by atoms with E-state index in [1.54, 1.807) is 5.56 Å². The SMILES string of the molecule is NC1CC2C[C@]2(c2cccc3ccccc23)C1. The van der Waals surface area contributed by atoms with Crippen molar-refractivity contribution in [1.29, 1.82) is 0 Å². The van der Waals surface area contributed by atoms with E-state index in [2.05, 4.69) is 42.5 Å². The molecule has 3 atom stereocenters. The number of hydrogen-bond acceptors (Lipinski definition) is 1. The van der Waals surface area contributed by atoms with Crippen LogP contribution in [0, 0.1) is 5.92 Å². The van der Waals surface area contributed by atoms with Crippen LogP contribution in [0.2, 0.25) is 0 Å². The predicted molar refractivity (Wildman–Crippen MR) is 70.9 cm³/mol. The smallest absolute Gasteiger partial charge is 0.00503 e. The molecule has 0 aromatic heterocycles. The van der Waals surface area contributed by atoms with E-state index in [0.717, 1.165) is 5.92 Å². The molecule has 0 radical (unpaired) electrons. The quantitative estimate of drug-likeness (QED) is 0.789. The van der Waals surface area contributed by atoms with Gasteiger partial charge in [-0.1, -0.05) is 42.5 Å². The molecule has 1 heteroatoms. The lowest BCUT2D eigenvalue weighted by molar-refractivity contribution is 0.585. The van der Waals surface area contributed by atoms with Crippen LogP contribution in [0.4, 0.5) is 0 Å². The minimum Gasteiger partial charge on any atom is -0.328 e. The number of benzene rings is 2. The van der Waals surface area contributed by atoms with Crippen molar-refractivity contribution in [3.05, 3.63) is 48.0 Å². The normalized spacial score (nSPS) is 34.9. The molecule has 0 heterocycles. The largest absolute Gasteiger partial charge is 0.328 e. The molecule has 2 saturated carbocycles. The van der Waals surface area contributed by atoms with E-state index in [9.17, 15) is 0 Å². The molecule has 0 saturated heterocycles. The Morgan fingerprint density at radius 3 is 2.65 bits per heavy atom. The highest BCUT2D eigenvalue weighted by atomic mass is 14.8. The van der Waals surface area contributed by atoms with Gasteiger partial charge in [-0.15, -0.1) is 0 Å². The van der Waals surface area contributed by atoms with Gasteiger partial charge in [-0.2, -0.15) is 0 Å². The molecular formula is C16H17N. The predicted octanol–water partition coefficient (Wildman–Crippen LogP) is 3.22. The summed E-state index contributed by atoms with van der Waals surface area (Å²) < 4.78 is 0.